The van der Waals surface area contributed by atoms with Gasteiger partial charge in [0.05, 0.1) is 18.8 Å². The summed E-state index contributed by atoms with van der Waals surface area (Å²) in [5.41, 5.74) is 5.71. The maximum absolute atomic E-state index is 13.9. The first-order chi connectivity index (χ1) is 29.7. The van der Waals surface area contributed by atoms with E-state index in [1.54, 1.807) is 34.6 Å². The van der Waals surface area contributed by atoms with Crippen LogP contribution >= 0.6 is 0 Å². The lowest BCUT2D eigenvalue weighted by Crippen LogP contribution is -2.62. The number of nitrogens with one attached hydrogen (secondary N) is 7. The Labute approximate surface area is 378 Å². The van der Waals surface area contributed by atoms with Crippen molar-refractivity contribution in [2.24, 2.45) is 35.3 Å². The van der Waals surface area contributed by atoms with Crippen molar-refractivity contribution in [3.05, 3.63) is 0 Å². The van der Waals surface area contributed by atoms with Crippen LogP contribution in [-0.4, -0.2) is 141 Å². The molecule has 0 radical (unpaired) electrons. The maximum Gasteiger partial charge on any atom is 0.490 e. The molecule has 0 spiro atoms. The second-order valence-corrected chi connectivity index (χ2v) is 17.6. The van der Waals surface area contributed by atoms with Gasteiger partial charge in [-0.05, 0) is 62.7 Å². The summed E-state index contributed by atoms with van der Waals surface area (Å²) in [4.78, 5) is 114. The van der Waals surface area contributed by atoms with Gasteiger partial charge < -0.3 is 63.4 Å². The van der Waals surface area contributed by atoms with Crippen molar-refractivity contribution >= 4 is 53.3 Å². The number of hydrogen-bond acceptors (Lipinski definition) is 12. The Morgan fingerprint density at radius 1 is 0.508 bits per heavy atom. The molecule has 0 saturated carbocycles. The standard InChI is InChI=1S/C39H72N8O11.C2HF3O2/c1-13-22(10)30(46-34(52)25(14-18(2)3)41-32(50)23(11)40)37(55)42-27(16-20(6)7)35(53)47-31(24(12)49)38(56)43-26(15-19(4)5)33(51)45-29(21(8)9)36(54)44-28(17-48)39(57)58;3-2(4,5)1(6)7/h18-31,48-49H,13-17,40H2,1-12H3,(H,41,50)(H,42,55)(H,43,56)(H,44,54)(H,45,51)(H,46,52)(H,47,53)(H,57,58);(H,6,7)/t22-,23-,24-,25-,26-,27-,28-,29-,30-,31-;/m0./s1. The topological polar surface area (TPSA) is 345 Å². The monoisotopic (exact) mass is 943 g/mol. The summed E-state index contributed by atoms with van der Waals surface area (Å²) in [6, 6.07) is -9.95. The zero-order valence-electron chi connectivity index (χ0n) is 39.3. The molecule has 0 aliphatic carbocycles. The van der Waals surface area contributed by atoms with Gasteiger partial charge in [0, 0.05) is 0 Å². The summed E-state index contributed by atoms with van der Waals surface area (Å²) in [6.45, 7) is 19.5. The first-order valence-electron chi connectivity index (χ1n) is 21.4. The molecule has 10 atom stereocenters. The van der Waals surface area contributed by atoms with E-state index in [-0.39, 0.29) is 37.0 Å². The second kappa shape index (κ2) is 29.4. The molecule has 0 aliphatic heterocycles. The highest BCUT2D eigenvalue weighted by Crippen LogP contribution is 2.15. The minimum atomic E-state index is -5.08. The van der Waals surface area contributed by atoms with Crippen molar-refractivity contribution in [1.29, 1.82) is 0 Å². The number of alkyl halides is 3. The summed E-state index contributed by atoms with van der Waals surface area (Å²) in [7, 11) is 0. The Bertz CT molecular complexity index is 1600. The van der Waals surface area contributed by atoms with Gasteiger partial charge in [-0.15, -0.1) is 0 Å². The number of aliphatic carboxylic acids is 2. The van der Waals surface area contributed by atoms with Crippen LogP contribution in [0, 0.1) is 29.6 Å². The first kappa shape index (κ1) is 62.0. The van der Waals surface area contributed by atoms with Gasteiger partial charge in [-0.2, -0.15) is 13.2 Å². The van der Waals surface area contributed by atoms with Crippen LogP contribution in [-0.2, 0) is 43.2 Å². The van der Waals surface area contributed by atoms with Crippen LogP contribution in [0.15, 0.2) is 0 Å². The average molecular weight is 943 g/mol. The van der Waals surface area contributed by atoms with E-state index in [0.717, 1.165) is 0 Å². The number of carboxylic acids is 2. The molecule has 24 heteroatoms. The van der Waals surface area contributed by atoms with Crippen LogP contribution in [0.4, 0.5) is 13.2 Å². The third-order valence-electron chi connectivity index (χ3n) is 9.58. The molecule has 0 aromatic rings. The predicted molar refractivity (Wildman–Crippen MR) is 230 cm³/mol. The molecule has 0 aliphatic rings. The number of aliphatic hydroxyl groups is 2. The van der Waals surface area contributed by atoms with E-state index in [4.69, 9.17) is 15.6 Å². The van der Waals surface area contributed by atoms with E-state index >= 15 is 0 Å². The zero-order valence-corrected chi connectivity index (χ0v) is 39.3. The molecule has 0 bridgehead atoms. The molecule has 376 valence electrons. The van der Waals surface area contributed by atoms with Crippen LogP contribution in [0.3, 0.4) is 0 Å². The van der Waals surface area contributed by atoms with Crippen molar-refractivity contribution in [3.63, 3.8) is 0 Å². The molecule has 0 unspecified atom stereocenters. The smallest absolute Gasteiger partial charge is 0.480 e. The van der Waals surface area contributed by atoms with Crippen LogP contribution in [0.5, 0.6) is 0 Å². The number of nitrogens with two attached hydrogens (primary N) is 1. The van der Waals surface area contributed by atoms with Gasteiger partial charge >= 0.3 is 18.1 Å². The highest BCUT2D eigenvalue weighted by atomic mass is 19.4. The Morgan fingerprint density at radius 2 is 0.815 bits per heavy atom. The fourth-order valence-corrected chi connectivity index (χ4v) is 5.79. The summed E-state index contributed by atoms with van der Waals surface area (Å²) in [5, 5.41) is 54.2. The van der Waals surface area contributed by atoms with Gasteiger partial charge in [-0.1, -0.05) is 75.7 Å². The van der Waals surface area contributed by atoms with Gasteiger partial charge in [0.2, 0.25) is 41.4 Å². The summed E-state index contributed by atoms with van der Waals surface area (Å²) >= 11 is 0. The normalized spacial score (nSPS) is 16.2. The molecule has 0 heterocycles. The van der Waals surface area contributed by atoms with E-state index in [2.05, 4.69) is 37.2 Å². The van der Waals surface area contributed by atoms with E-state index in [1.807, 2.05) is 34.6 Å². The molecule has 0 aromatic carbocycles. The van der Waals surface area contributed by atoms with Crippen LogP contribution in [0.25, 0.3) is 0 Å². The molecule has 7 amide bonds. The molecule has 0 fully saturated rings. The van der Waals surface area contributed by atoms with Crippen molar-refractivity contribution in [2.45, 2.75) is 169 Å². The minimum absolute atomic E-state index is 0.00244. The predicted octanol–water partition coefficient (Wildman–Crippen LogP) is -0.341. The minimum Gasteiger partial charge on any atom is -0.480 e. The lowest BCUT2D eigenvalue weighted by Gasteiger charge is -2.31. The average Bonchev–Trinajstić information content (AvgIpc) is 3.17. The third kappa shape index (κ3) is 24.1. The SMILES string of the molecule is CC[C@H](C)[C@H](NC(=O)[C@H](CC(C)C)NC(=O)[C@H](C)N)C(=O)N[C@@H](CC(C)C)C(=O)N[C@H](C(=O)N[C@@H](CC(C)C)C(=O)N[C@H](C(=O)N[C@@H](CO)C(=O)O)C(C)C)[C@H](C)O.O=C(O)C(F)(F)F. The quantitative estimate of drug-likeness (QED) is 0.0528. The van der Waals surface area contributed by atoms with Crippen molar-refractivity contribution in [2.75, 3.05) is 6.61 Å². The van der Waals surface area contributed by atoms with Crippen molar-refractivity contribution < 1.29 is 76.7 Å². The van der Waals surface area contributed by atoms with Gasteiger partial charge in [0.15, 0.2) is 0 Å². The number of carbonyl (C=O) groups excluding carboxylic acids is 7. The van der Waals surface area contributed by atoms with E-state index in [0.29, 0.717) is 6.42 Å². The largest absolute Gasteiger partial charge is 0.490 e. The lowest BCUT2D eigenvalue weighted by molar-refractivity contribution is -0.192. The van der Waals surface area contributed by atoms with Crippen LogP contribution in [0.1, 0.15) is 109 Å². The first-order valence-corrected chi connectivity index (χ1v) is 21.4. The number of amides is 7. The number of halogens is 3. The van der Waals surface area contributed by atoms with Crippen LogP contribution in [0.2, 0.25) is 0 Å². The Morgan fingerprint density at radius 3 is 1.09 bits per heavy atom. The second-order valence-electron chi connectivity index (χ2n) is 17.6. The molecule has 0 rings (SSSR count). The molecule has 0 aromatic heterocycles. The zero-order chi connectivity index (χ0) is 51.3. The molecular weight excluding hydrogens is 869 g/mol. The van der Waals surface area contributed by atoms with E-state index < -0.39 is 132 Å². The molecule has 0 saturated heterocycles. The summed E-state index contributed by atoms with van der Waals surface area (Å²) < 4.78 is 31.7. The molecule has 13 N–H and O–H groups in total. The highest BCUT2D eigenvalue weighted by molar-refractivity contribution is 5.97. The van der Waals surface area contributed by atoms with Gasteiger partial charge in [0.25, 0.3) is 0 Å². The summed E-state index contributed by atoms with van der Waals surface area (Å²) in [5.74, 6) is -10.8. The van der Waals surface area contributed by atoms with Crippen molar-refractivity contribution in [1.82, 2.24) is 37.2 Å². The number of hydrogen-bond donors (Lipinski definition) is 12. The fraction of sp³-hybridized carbons (Fsp3) is 0.780. The lowest BCUT2D eigenvalue weighted by atomic mass is 9.95. The van der Waals surface area contributed by atoms with Gasteiger partial charge in [0.1, 0.15) is 42.3 Å². The Hall–Kier alpha value is -5.10. The molecule has 21 nitrogen and oxygen atoms in total. The Kier molecular flexibility index (Phi) is 28.1. The molecule has 65 heavy (non-hydrogen) atoms. The number of carbonyl (C=O) groups is 9. The van der Waals surface area contributed by atoms with Crippen molar-refractivity contribution in [3.8, 4) is 0 Å². The number of carboxylic acid groups (broad SMARTS) is 2. The summed E-state index contributed by atoms with van der Waals surface area (Å²) in [6.07, 6.45) is -5.67. The highest BCUT2D eigenvalue weighted by Gasteiger charge is 2.39. The number of rotatable bonds is 26. The molecular formula is C41H73F3N8O13. The Balaban J connectivity index is 0. The fourth-order valence-electron chi connectivity index (χ4n) is 5.79. The number of aliphatic hydroxyl groups excluding tert-OH is 2. The van der Waals surface area contributed by atoms with Gasteiger partial charge in [-0.25, -0.2) is 9.59 Å². The van der Waals surface area contributed by atoms with Crippen LogP contribution < -0.4 is 43.0 Å². The maximum atomic E-state index is 13.9. The van der Waals surface area contributed by atoms with Gasteiger partial charge in [-0.3, -0.25) is 33.6 Å². The van der Waals surface area contributed by atoms with E-state index in [1.165, 1.54) is 13.8 Å². The van der Waals surface area contributed by atoms with E-state index in [9.17, 15) is 66.8 Å². The third-order valence-corrected chi connectivity index (χ3v) is 9.58.